The highest BCUT2D eigenvalue weighted by molar-refractivity contribution is 9.10. The van der Waals surface area contributed by atoms with Gasteiger partial charge in [0.2, 0.25) is 5.82 Å². The van der Waals surface area contributed by atoms with Gasteiger partial charge in [0.15, 0.2) is 0 Å². The second-order valence-corrected chi connectivity index (χ2v) is 5.85. The van der Waals surface area contributed by atoms with E-state index in [1.807, 2.05) is 13.8 Å². The molecule has 20 heavy (non-hydrogen) atoms. The largest absolute Gasteiger partial charge is 0.394 e. The maximum atomic E-state index is 12.0. The third-order valence-electron chi connectivity index (χ3n) is 2.68. The van der Waals surface area contributed by atoms with Crippen LogP contribution in [-0.4, -0.2) is 43.2 Å². The standard InChI is InChI=1S/C12H16BrN5O2/c1-7(2)3-9(6-19)15-11(20)10-16-12-14-4-8(13)5-18(12)17-10/h4-5,7,9,19H,3,6H2,1-2H3,(H,15,20). The molecule has 0 radical (unpaired) electrons. The Bertz CT molecular complexity index is 613. The second-order valence-electron chi connectivity index (χ2n) is 4.93. The number of rotatable bonds is 5. The summed E-state index contributed by atoms with van der Waals surface area (Å²) in [6, 6.07) is -0.297. The van der Waals surface area contributed by atoms with Gasteiger partial charge >= 0.3 is 0 Å². The zero-order valence-electron chi connectivity index (χ0n) is 11.2. The molecule has 0 aromatic carbocycles. The average molecular weight is 342 g/mol. The van der Waals surface area contributed by atoms with Gasteiger partial charge in [-0.3, -0.25) is 4.79 Å². The summed E-state index contributed by atoms with van der Waals surface area (Å²) in [7, 11) is 0. The molecule has 108 valence electrons. The van der Waals surface area contributed by atoms with E-state index in [9.17, 15) is 9.90 Å². The van der Waals surface area contributed by atoms with Gasteiger partial charge in [0.25, 0.3) is 11.7 Å². The van der Waals surface area contributed by atoms with Gasteiger partial charge in [-0.15, -0.1) is 5.10 Å². The van der Waals surface area contributed by atoms with E-state index in [0.29, 0.717) is 18.1 Å². The molecule has 2 aromatic rings. The van der Waals surface area contributed by atoms with Gasteiger partial charge in [-0.05, 0) is 28.3 Å². The Labute approximate surface area is 124 Å². The molecule has 7 nitrogen and oxygen atoms in total. The number of aromatic nitrogens is 4. The van der Waals surface area contributed by atoms with Crippen molar-refractivity contribution in [3.8, 4) is 0 Å². The van der Waals surface area contributed by atoms with Crippen LogP contribution >= 0.6 is 15.9 Å². The Morgan fingerprint density at radius 2 is 2.30 bits per heavy atom. The summed E-state index contributed by atoms with van der Waals surface area (Å²) in [5, 5.41) is 16.1. The molecule has 8 heteroatoms. The Morgan fingerprint density at radius 3 is 2.95 bits per heavy atom. The SMILES string of the molecule is CC(C)CC(CO)NC(=O)c1nc2ncc(Br)cn2n1. The maximum Gasteiger partial charge on any atom is 0.291 e. The van der Waals surface area contributed by atoms with Crippen molar-refractivity contribution < 1.29 is 9.90 Å². The van der Waals surface area contributed by atoms with Crippen molar-refractivity contribution in [3.63, 3.8) is 0 Å². The number of carbonyl (C=O) groups is 1. The fourth-order valence-electron chi connectivity index (χ4n) is 1.85. The number of hydrogen-bond donors (Lipinski definition) is 2. The predicted molar refractivity (Wildman–Crippen MR) is 76.3 cm³/mol. The summed E-state index contributed by atoms with van der Waals surface area (Å²) < 4.78 is 2.17. The smallest absolute Gasteiger partial charge is 0.291 e. The number of fused-ring (bicyclic) bond motifs is 1. The van der Waals surface area contributed by atoms with Gasteiger partial charge in [0, 0.05) is 12.4 Å². The lowest BCUT2D eigenvalue weighted by atomic mass is 10.0. The molecule has 0 bridgehead atoms. The summed E-state index contributed by atoms with van der Waals surface area (Å²) in [5.41, 5.74) is 0. The first-order valence-corrected chi connectivity index (χ1v) is 7.08. The zero-order chi connectivity index (χ0) is 14.7. The van der Waals surface area contributed by atoms with Crippen LogP contribution < -0.4 is 5.32 Å². The number of halogens is 1. The maximum absolute atomic E-state index is 12.0. The fraction of sp³-hybridized carbons (Fsp3) is 0.500. The van der Waals surface area contributed by atoms with Crippen molar-refractivity contribution >= 4 is 27.6 Å². The summed E-state index contributed by atoms with van der Waals surface area (Å²) >= 11 is 3.27. The Kier molecular flexibility index (Phi) is 4.66. The van der Waals surface area contributed by atoms with Crippen LogP contribution in [-0.2, 0) is 0 Å². The molecule has 0 saturated carbocycles. The number of aliphatic hydroxyl groups is 1. The zero-order valence-corrected chi connectivity index (χ0v) is 12.8. The molecule has 1 atom stereocenters. The molecular weight excluding hydrogens is 326 g/mol. The monoisotopic (exact) mass is 341 g/mol. The Morgan fingerprint density at radius 1 is 1.55 bits per heavy atom. The quantitative estimate of drug-likeness (QED) is 0.847. The van der Waals surface area contributed by atoms with E-state index in [1.165, 1.54) is 4.52 Å². The first-order valence-electron chi connectivity index (χ1n) is 6.29. The molecule has 0 aliphatic rings. The van der Waals surface area contributed by atoms with Crippen LogP contribution in [0.15, 0.2) is 16.9 Å². The van der Waals surface area contributed by atoms with Gasteiger partial charge in [-0.1, -0.05) is 13.8 Å². The van der Waals surface area contributed by atoms with Crippen LogP contribution in [0, 0.1) is 5.92 Å². The van der Waals surface area contributed by atoms with E-state index < -0.39 is 5.91 Å². The molecule has 1 amide bonds. The lowest BCUT2D eigenvalue weighted by Gasteiger charge is -2.17. The third kappa shape index (κ3) is 3.51. The van der Waals surface area contributed by atoms with E-state index in [2.05, 4.69) is 36.3 Å². The minimum Gasteiger partial charge on any atom is -0.394 e. The summed E-state index contributed by atoms with van der Waals surface area (Å²) in [5.74, 6) is 0.353. The van der Waals surface area contributed by atoms with Gasteiger partial charge in [-0.2, -0.15) is 4.98 Å². The molecule has 1 unspecified atom stereocenters. The van der Waals surface area contributed by atoms with Crippen LogP contribution in [0.5, 0.6) is 0 Å². The van der Waals surface area contributed by atoms with Gasteiger partial charge in [-0.25, -0.2) is 9.50 Å². The number of amides is 1. The van der Waals surface area contributed by atoms with Gasteiger partial charge in [0.1, 0.15) is 0 Å². The molecule has 0 spiro atoms. The number of carbonyl (C=O) groups excluding carboxylic acids is 1. The summed E-state index contributed by atoms with van der Waals surface area (Å²) in [6.07, 6.45) is 3.95. The predicted octanol–water partition coefficient (Wildman–Crippen LogP) is 1.02. The minimum absolute atomic E-state index is 0.0396. The van der Waals surface area contributed by atoms with Crippen LogP contribution in [0.3, 0.4) is 0 Å². The summed E-state index contributed by atoms with van der Waals surface area (Å²) in [4.78, 5) is 20.1. The Hall–Kier alpha value is -1.54. The molecular formula is C12H16BrN5O2. The van der Waals surface area contributed by atoms with Crippen molar-refractivity contribution in [2.45, 2.75) is 26.3 Å². The summed E-state index contributed by atoms with van der Waals surface area (Å²) in [6.45, 7) is 3.94. The molecule has 2 heterocycles. The topological polar surface area (TPSA) is 92.4 Å². The second kappa shape index (κ2) is 6.27. The molecule has 2 rings (SSSR count). The van der Waals surface area contributed by atoms with E-state index >= 15 is 0 Å². The lowest BCUT2D eigenvalue weighted by Crippen LogP contribution is -2.38. The molecule has 0 saturated heterocycles. The van der Waals surface area contributed by atoms with Crippen LogP contribution in [0.25, 0.3) is 5.78 Å². The van der Waals surface area contributed by atoms with Crippen LogP contribution in [0.4, 0.5) is 0 Å². The number of nitrogens with one attached hydrogen (secondary N) is 1. The number of aliphatic hydroxyl groups excluding tert-OH is 1. The normalized spacial score (nSPS) is 12.8. The number of hydrogen-bond acceptors (Lipinski definition) is 5. The van der Waals surface area contributed by atoms with E-state index in [1.54, 1.807) is 12.4 Å². The number of nitrogens with zero attached hydrogens (tertiary/aromatic N) is 4. The molecule has 2 aromatic heterocycles. The van der Waals surface area contributed by atoms with Crippen molar-refractivity contribution in [1.29, 1.82) is 0 Å². The van der Waals surface area contributed by atoms with Crippen LogP contribution in [0.2, 0.25) is 0 Å². The average Bonchev–Trinajstić information content (AvgIpc) is 2.80. The van der Waals surface area contributed by atoms with Gasteiger partial charge < -0.3 is 10.4 Å². The third-order valence-corrected chi connectivity index (χ3v) is 3.09. The highest BCUT2D eigenvalue weighted by Gasteiger charge is 2.18. The molecule has 2 N–H and O–H groups in total. The van der Waals surface area contributed by atoms with Crippen LogP contribution in [0.1, 0.15) is 30.9 Å². The molecule has 0 aliphatic heterocycles. The van der Waals surface area contributed by atoms with Gasteiger partial charge in [0.05, 0.1) is 17.1 Å². The minimum atomic E-state index is -0.411. The fourth-order valence-corrected chi connectivity index (χ4v) is 2.15. The van der Waals surface area contributed by atoms with E-state index in [-0.39, 0.29) is 18.5 Å². The van der Waals surface area contributed by atoms with Crippen molar-refractivity contribution in [2.75, 3.05) is 6.61 Å². The first kappa shape index (κ1) is 14.9. The van der Waals surface area contributed by atoms with E-state index in [0.717, 1.165) is 4.47 Å². The highest BCUT2D eigenvalue weighted by atomic mass is 79.9. The van der Waals surface area contributed by atoms with Crippen molar-refractivity contribution in [3.05, 3.63) is 22.7 Å². The van der Waals surface area contributed by atoms with Crippen molar-refractivity contribution in [2.24, 2.45) is 5.92 Å². The Balaban J connectivity index is 2.14. The first-order chi connectivity index (χ1) is 9.49. The van der Waals surface area contributed by atoms with Crippen molar-refractivity contribution in [1.82, 2.24) is 24.9 Å². The highest BCUT2D eigenvalue weighted by Crippen LogP contribution is 2.08. The lowest BCUT2D eigenvalue weighted by molar-refractivity contribution is 0.0898. The molecule has 0 fully saturated rings. The van der Waals surface area contributed by atoms with E-state index in [4.69, 9.17) is 0 Å². The molecule has 0 aliphatic carbocycles.